The quantitative estimate of drug-likeness (QED) is 0.377. The number of halogens is 1. The molecule has 32 heavy (non-hydrogen) atoms. The molecule has 0 aliphatic carbocycles. The monoisotopic (exact) mass is 468 g/mol. The molecule has 164 valence electrons. The van der Waals surface area contributed by atoms with Gasteiger partial charge in [0.05, 0.1) is 21.4 Å². The first kappa shape index (κ1) is 22.1. The molecule has 0 N–H and O–H groups in total. The van der Waals surface area contributed by atoms with Crippen LogP contribution < -0.4 is 4.90 Å². The van der Waals surface area contributed by atoms with E-state index in [4.69, 9.17) is 0 Å². The number of sulfone groups is 1. The van der Waals surface area contributed by atoms with Gasteiger partial charge in [-0.1, -0.05) is 53.8 Å². The molecule has 8 heteroatoms. The summed E-state index contributed by atoms with van der Waals surface area (Å²) in [7, 11) is -3.54. The number of hydrogen-bond acceptors (Lipinski definition) is 5. The molecule has 0 radical (unpaired) electrons. The highest BCUT2D eigenvalue weighted by Crippen LogP contribution is 2.32. The maximum absolute atomic E-state index is 14.2. The largest absolute Gasteiger partial charge is 0.279 e. The van der Waals surface area contributed by atoms with Gasteiger partial charge in [0.25, 0.3) is 5.91 Å². The van der Waals surface area contributed by atoms with E-state index in [1.54, 1.807) is 38.1 Å². The van der Waals surface area contributed by atoms with Gasteiger partial charge >= 0.3 is 0 Å². The average molecular weight is 469 g/mol. The molecule has 0 fully saturated rings. The van der Waals surface area contributed by atoms with Gasteiger partial charge in [0.1, 0.15) is 11.3 Å². The first-order valence-electron chi connectivity index (χ1n) is 10.0. The minimum atomic E-state index is -3.54. The molecule has 1 aromatic heterocycles. The Hall–Kier alpha value is -3.10. The first-order chi connectivity index (χ1) is 15.3. The predicted molar refractivity (Wildman–Crippen MR) is 125 cm³/mol. The Bertz CT molecular complexity index is 1380. The number of carbonyl (C=O) groups is 1. The Morgan fingerprint density at radius 3 is 2.44 bits per heavy atom. The smallest absolute Gasteiger partial charge is 0.260 e. The molecule has 4 aromatic rings. The Morgan fingerprint density at radius 1 is 1.03 bits per heavy atom. The van der Waals surface area contributed by atoms with Gasteiger partial charge in [0.15, 0.2) is 15.0 Å². The van der Waals surface area contributed by atoms with Crippen LogP contribution in [0.5, 0.6) is 0 Å². The summed E-state index contributed by atoms with van der Waals surface area (Å²) < 4.78 is 40.1. The van der Waals surface area contributed by atoms with Crippen LogP contribution in [-0.2, 0) is 16.4 Å². The summed E-state index contributed by atoms with van der Waals surface area (Å²) in [6.07, 6.45) is 0. The van der Waals surface area contributed by atoms with Gasteiger partial charge in [-0.15, -0.1) is 0 Å². The fraction of sp³-hybridized carbons (Fsp3) is 0.167. The fourth-order valence-corrected chi connectivity index (χ4v) is 5.33. The molecule has 1 heterocycles. The third-order valence-corrected chi connectivity index (χ3v) is 8.24. The summed E-state index contributed by atoms with van der Waals surface area (Å²) in [5.74, 6) is -0.865. The van der Waals surface area contributed by atoms with E-state index in [2.05, 4.69) is 4.98 Å². The zero-order valence-corrected chi connectivity index (χ0v) is 19.2. The van der Waals surface area contributed by atoms with E-state index in [0.717, 1.165) is 5.56 Å². The zero-order valence-electron chi connectivity index (χ0n) is 17.5. The number of thiazole rings is 1. The zero-order chi connectivity index (χ0) is 22.9. The summed E-state index contributed by atoms with van der Waals surface area (Å²) in [4.78, 5) is 19.5. The summed E-state index contributed by atoms with van der Waals surface area (Å²) in [5, 5.41) is -0.267. The molecule has 0 aliphatic heterocycles. The molecule has 0 bridgehead atoms. The highest BCUT2D eigenvalue weighted by Gasteiger charge is 2.25. The minimum absolute atomic E-state index is 0.0911. The van der Waals surface area contributed by atoms with Crippen molar-refractivity contribution in [3.63, 3.8) is 0 Å². The number of anilines is 1. The number of aromatic nitrogens is 1. The number of hydrogen-bond donors (Lipinski definition) is 0. The van der Waals surface area contributed by atoms with Gasteiger partial charge in [0.2, 0.25) is 0 Å². The van der Waals surface area contributed by atoms with Gasteiger partial charge < -0.3 is 0 Å². The molecular formula is C24H21FN2O3S2. The lowest BCUT2D eigenvalue weighted by Crippen LogP contribution is -2.30. The molecule has 1 amide bonds. The highest BCUT2D eigenvalue weighted by atomic mass is 32.2. The number of nitrogens with zero attached hydrogens (tertiary/aromatic N) is 2. The van der Waals surface area contributed by atoms with E-state index in [1.807, 2.05) is 30.3 Å². The highest BCUT2D eigenvalue weighted by molar-refractivity contribution is 7.92. The lowest BCUT2D eigenvalue weighted by molar-refractivity contribution is 0.0985. The molecule has 5 nitrogen and oxygen atoms in total. The van der Waals surface area contributed by atoms with E-state index in [1.165, 1.54) is 34.4 Å². The molecule has 0 spiro atoms. The van der Waals surface area contributed by atoms with Crippen molar-refractivity contribution >= 4 is 42.4 Å². The average Bonchev–Trinajstić information content (AvgIpc) is 3.23. The van der Waals surface area contributed by atoms with Crippen LogP contribution in [0, 0.1) is 5.82 Å². The summed E-state index contributed by atoms with van der Waals surface area (Å²) in [6.45, 7) is 3.41. The molecule has 0 saturated carbocycles. The van der Waals surface area contributed by atoms with E-state index in [-0.39, 0.29) is 22.5 Å². The second-order valence-corrected chi connectivity index (χ2v) is 11.1. The van der Waals surface area contributed by atoms with Gasteiger partial charge in [-0.2, -0.15) is 0 Å². The van der Waals surface area contributed by atoms with E-state index in [9.17, 15) is 17.6 Å². The van der Waals surface area contributed by atoms with Gasteiger partial charge in [-0.3, -0.25) is 9.69 Å². The van der Waals surface area contributed by atoms with Gasteiger partial charge in [0, 0.05) is 5.56 Å². The normalized spacial score (nSPS) is 11.8. The number of amides is 1. The molecule has 0 unspecified atom stereocenters. The van der Waals surface area contributed by atoms with Crippen molar-refractivity contribution in [1.29, 1.82) is 0 Å². The van der Waals surface area contributed by atoms with Crippen LogP contribution >= 0.6 is 11.3 Å². The fourth-order valence-electron chi connectivity index (χ4n) is 3.25. The van der Waals surface area contributed by atoms with Crippen molar-refractivity contribution < 1.29 is 17.6 Å². The van der Waals surface area contributed by atoms with Crippen LogP contribution in [0.2, 0.25) is 0 Å². The molecule has 0 saturated heterocycles. The van der Waals surface area contributed by atoms with Crippen LogP contribution in [0.15, 0.2) is 77.7 Å². The Kier molecular flexibility index (Phi) is 6.08. The Labute approximate surface area is 190 Å². The number of carbonyl (C=O) groups excluding carboxylic acids is 1. The van der Waals surface area contributed by atoms with Gasteiger partial charge in [-0.05, 0) is 49.7 Å². The molecule has 0 aliphatic rings. The third-order valence-electron chi connectivity index (χ3n) is 5.05. The maximum atomic E-state index is 14.2. The number of fused-ring (bicyclic) bond motifs is 1. The van der Waals surface area contributed by atoms with Crippen molar-refractivity contribution in [2.75, 3.05) is 4.90 Å². The molecule has 3 aromatic carbocycles. The first-order valence-corrected chi connectivity index (χ1v) is 12.4. The van der Waals surface area contributed by atoms with E-state index < -0.39 is 26.8 Å². The standard InChI is InChI=1S/C24H21FN2O3S2/c1-16(2)32(29,30)19-11-6-10-18(14-19)23(28)27(15-17-8-4-3-5-9-17)24-26-22-20(25)12-7-13-21(22)31-24/h3-14,16H,15H2,1-2H3. The van der Waals surface area contributed by atoms with Crippen LogP contribution in [0.3, 0.4) is 0 Å². The van der Waals surface area contributed by atoms with E-state index in [0.29, 0.717) is 9.83 Å². The van der Waals surface area contributed by atoms with Crippen LogP contribution in [0.1, 0.15) is 29.8 Å². The SMILES string of the molecule is CC(C)S(=O)(=O)c1cccc(C(=O)N(Cc2ccccc2)c2nc3c(F)cccc3s2)c1. The summed E-state index contributed by atoms with van der Waals surface area (Å²) in [5.41, 5.74) is 1.29. The van der Waals surface area contributed by atoms with Crippen molar-refractivity contribution in [3.8, 4) is 0 Å². The minimum Gasteiger partial charge on any atom is -0.279 e. The van der Waals surface area contributed by atoms with Crippen LogP contribution in [0.4, 0.5) is 9.52 Å². The molecule has 0 atom stereocenters. The van der Waals surface area contributed by atoms with E-state index >= 15 is 0 Å². The second kappa shape index (κ2) is 8.80. The third kappa shape index (κ3) is 4.28. The molecular weight excluding hydrogens is 447 g/mol. The van der Waals surface area contributed by atoms with Crippen molar-refractivity contribution in [2.45, 2.75) is 30.5 Å². The lowest BCUT2D eigenvalue weighted by atomic mass is 10.1. The lowest BCUT2D eigenvalue weighted by Gasteiger charge is -2.20. The summed E-state index contributed by atoms with van der Waals surface area (Å²) >= 11 is 1.21. The van der Waals surface area contributed by atoms with Crippen LogP contribution in [-0.4, -0.2) is 24.6 Å². The summed E-state index contributed by atoms with van der Waals surface area (Å²) in [6, 6.07) is 20.1. The topological polar surface area (TPSA) is 67.3 Å². The van der Waals surface area contributed by atoms with Crippen molar-refractivity contribution in [2.24, 2.45) is 0 Å². The van der Waals surface area contributed by atoms with Crippen LogP contribution in [0.25, 0.3) is 10.2 Å². The number of para-hydroxylation sites is 1. The van der Waals surface area contributed by atoms with Crippen molar-refractivity contribution in [1.82, 2.24) is 4.98 Å². The molecule has 4 rings (SSSR count). The van der Waals surface area contributed by atoms with Gasteiger partial charge in [-0.25, -0.2) is 17.8 Å². The predicted octanol–water partition coefficient (Wildman–Crippen LogP) is 5.46. The Morgan fingerprint density at radius 2 is 1.75 bits per heavy atom. The number of rotatable bonds is 6. The van der Waals surface area contributed by atoms with Crippen molar-refractivity contribution in [3.05, 3.63) is 89.7 Å². The number of benzene rings is 3. The maximum Gasteiger partial charge on any atom is 0.260 e. The second-order valence-electron chi connectivity index (χ2n) is 7.58. The Balaban J connectivity index is 1.79.